The summed E-state index contributed by atoms with van der Waals surface area (Å²) in [7, 11) is 0. The molecule has 3 aliphatic heterocycles. The van der Waals surface area contributed by atoms with Crippen LogP contribution in [0.25, 0.3) is 0 Å². The van der Waals surface area contributed by atoms with E-state index < -0.39 is 23.9 Å². The average molecular weight is 581 g/mol. The second-order valence-electron chi connectivity index (χ2n) is 10.2. The van der Waals surface area contributed by atoms with E-state index in [0.29, 0.717) is 22.4 Å². The molecule has 3 aliphatic rings. The predicted octanol–water partition coefficient (Wildman–Crippen LogP) is 5.44. The molecule has 0 aromatic heterocycles. The van der Waals surface area contributed by atoms with Crippen molar-refractivity contribution in [2.75, 3.05) is 4.90 Å². The number of anilines is 1. The summed E-state index contributed by atoms with van der Waals surface area (Å²) in [5.74, 6) is -2.83. The highest BCUT2D eigenvalue weighted by Gasteiger charge is 2.63. The lowest BCUT2D eigenvalue weighted by Crippen LogP contribution is -2.46. The summed E-state index contributed by atoms with van der Waals surface area (Å²) in [6, 6.07) is 20.0. The molecule has 2 saturated heterocycles. The van der Waals surface area contributed by atoms with Crippen LogP contribution in [0, 0.1) is 25.7 Å². The third-order valence-corrected chi connectivity index (χ3v) is 8.37. The molecule has 0 saturated carbocycles. The van der Waals surface area contributed by atoms with Crippen LogP contribution in [-0.2, 0) is 9.59 Å². The SMILES string of the molecule is Cc1ccc(N2C(=O)[C@@H]3[C@H](C2=O)[C@@H](C(=O)c2ccc(Br)cc2)N2C=CC(C(=O)c4ccccc4)=C[C@H]32)c(C)c1. The van der Waals surface area contributed by atoms with E-state index in [1.165, 1.54) is 4.90 Å². The highest BCUT2D eigenvalue weighted by molar-refractivity contribution is 9.10. The van der Waals surface area contributed by atoms with E-state index in [1.807, 2.05) is 32.0 Å². The van der Waals surface area contributed by atoms with Gasteiger partial charge in [0.1, 0.15) is 6.04 Å². The van der Waals surface area contributed by atoms with Gasteiger partial charge in [0.25, 0.3) is 0 Å². The zero-order valence-electron chi connectivity index (χ0n) is 21.4. The van der Waals surface area contributed by atoms with Crippen molar-refractivity contribution < 1.29 is 19.2 Å². The van der Waals surface area contributed by atoms with Crippen LogP contribution in [0.3, 0.4) is 0 Å². The first-order chi connectivity index (χ1) is 18.8. The van der Waals surface area contributed by atoms with Gasteiger partial charge in [-0.05, 0) is 43.7 Å². The number of Topliss-reactive ketones (excluding diaryl/α,β-unsaturated/α-hetero) is 2. The van der Waals surface area contributed by atoms with Crippen molar-refractivity contribution in [2.45, 2.75) is 25.9 Å². The Kier molecular flexibility index (Phi) is 6.19. The lowest BCUT2D eigenvalue weighted by molar-refractivity contribution is -0.123. The van der Waals surface area contributed by atoms with Crippen molar-refractivity contribution >= 4 is 45.0 Å². The molecule has 39 heavy (non-hydrogen) atoms. The summed E-state index contributed by atoms with van der Waals surface area (Å²) in [6.07, 6.45) is 5.12. The Morgan fingerprint density at radius 3 is 2.21 bits per heavy atom. The van der Waals surface area contributed by atoms with Crippen molar-refractivity contribution in [1.29, 1.82) is 0 Å². The number of hydrogen-bond acceptors (Lipinski definition) is 5. The number of aryl methyl sites for hydroxylation is 2. The number of rotatable bonds is 5. The molecule has 0 N–H and O–H groups in total. The van der Waals surface area contributed by atoms with Crippen LogP contribution in [0.5, 0.6) is 0 Å². The largest absolute Gasteiger partial charge is 0.359 e. The summed E-state index contributed by atoms with van der Waals surface area (Å²) < 4.78 is 0.833. The van der Waals surface area contributed by atoms with Gasteiger partial charge in [0.2, 0.25) is 11.8 Å². The van der Waals surface area contributed by atoms with Crippen LogP contribution >= 0.6 is 15.9 Å². The third-order valence-electron chi connectivity index (χ3n) is 7.84. The van der Waals surface area contributed by atoms with Gasteiger partial charge in [0.15, 0.2) is 11.6 Å². The maximum Gasteiger partial charge on any atom is 0.240 e. The summed E-state index contributed by atoms with van der Waals surface area (Å²) in [4.78, 5) is 58.3. The summed E-state index contributed by atoms with van der Waals surface area (Å²) in [5.41, 5.74) is 3.78. The second-order valence-corrected chi connectivity index (χ2v) is 11.2. The molecule has 2 fully saturated rings. The van der Waals surface area contributed by atoms with Gasteiger partial charge in [-0.2, -0.15) is 0 Å². The Morgan fingerprint density at radius 2 is 1.51 bits per heavy atom. The Balaban J connectivity index is 1.44. The van der Waals surface area contributed by atoms with Crippen molar-refractivity contribution in [2.24, 2.45) is 11.8 Å². The van der Waals surface area contributed by atoms with Crippen LogP contribution in [0.2, 0.25) is 0 Å². The van der Waals surface area contributed by atoms with Gasteiger partial charge in [-0.3, -0.25) is 19.2 Å². The monoisotopic (exact) mass is 580 g/mol. The molecule has 6 nitrogen and oxygen atoms in total. The molecule has 6 rings (SSSR count). The number of amides is 2. The number of carbonyl (C=O) groups excluding carboxylic acids is 4. The molecule has 7 heteroatoms. The number of fused-ring (bicyclic) bond motifs is 3. The first kappa shape index (κ1) is 25.2. The highest BCUT2D eigenvalue weighted by Crippen LogP contribution is 2.47. The van der Waals surface area contributed by atoms with E-state index in [-0.39, 0.29) is 23.4 Å². The van der Waals surface area contributed by atoms with E-state index in [2.05, 4.69) is 15.9 Å². The zero-order chi connectivity index (χ0) is 27.4. The highest BCUT2D eigenvalue weighted by atomic mass is 79.9. The first-order valence-corrected chi connectivity index (χ1v) is 13.6. The van der Waals surface area contributed by atoms with Gasteiger partial charge in [0, 0.05) is 27.4 Å². The molecule has 194 valence electrons. The van der Waals surface area contributed by atoms with Crippen LogP contribution in [-0.4, -0.2) is 40.4 Å². The molecule has 3 aromatic carbocycles. The fourth-order valence-corrected chi connectivity index (χ4v) is 6.30. The van der Waals surface area contributed by atoms with Crippen molar-refractivity contribution in [1.82, 2.24) is 4.90 Å². The molecule has 0 radical (unpaired) electrons. The minimum Gasteiger partial charge on any atom is -0.359 e. The van der Waals surface area contributed by atoms with Gasteiger partial charge in [-0.15, -0.1) is 0 Å². The van der Waals surface area contributed by atoms with Gasteiger partial charge in [0.05, 0.1) is 23.6 Å². The quantitative estimate of drug-likeness (QED) is 0.296. The molecule has 2 amide bonds. The maximum atomic E-state index is 14.0. The molecule has 0 unspecified atom stereocenters. The van der Waals surface area contributed by atoms with Gasteiger partial charge in [-0.1, -0.05) is 82.2 Å². The van der Waals surface area contributed by atoms with Gasteiger partial charge >= 0.3 is 0 Å². The van der Waals surface area contributed by atoms with Crippen LogP contribution in [0.4, 0.5) is 5.69 Å². The van der Waals surface area contributed by atoms with Crippen LogP contribution in [0.15, 0.2) is 101 Å². The zero-order valence-corrected chi connectivity index (χ0v) is 23.0. The third kappa shape index (κ3) is 4.08. The number of allylic oxidation sites excluding steroid dienone is 2. The van der Waals surface area contributed by atoms with Crippen molar-refractivity contribution in [3.05, 3.63) is 123 Å². The van der Waals surface area contributed by atoms with E-state index in [9.17, 15) is 19.2 Å². The Labute approximate surface area is 234 Å². The maximum absolute atomic E-state index is 14.0. The number of nitrogens with zero attached hydrogens (tertiary/aromatic N) is 2. The number of ketones is 2. The average Bonchev–Trinajstić information content (AvgIpc) is 3.40. The van der Waals surface area contributed by atoms with E-state index in [4.69, 9.17) is 0 Å². The molecule has 3 heterocycles. The fourth-order valence-electron chi connectivity index (χ4n) is 6.03. The lowest BCUT2D eigenvalue weighted by Gasteiger charge is -2.33. The normalized spacial score (nSPS) is 23.5. The molecule has 4 atom stereocenters. The summed E-state index contributed by atoms with van der Waals surface area (Å²) >= 11 is 3.40. The molecular weight excluding hydrogens is 556 g/mol. The summed E-state index contributed by atoms with van der Waals surface area (Å²) in [6.45, 7) is 3.82. The smallest absolute Gasteiger partial charge is 0.240 e. The number of halogens is 1. The second kappa shape index (κ2) is 9.58. The molecule has 0 bridgehead atoms. The fraction of sp³-hybridized carbons (Fsp3) is 0.188. The van der Waals surface area contributed by atoms with E-state index in [0.717, 1.165) is 15.6 Å². The minimum atomic E-state index is -0.883. The topological polar surface area (TPSA) is 74.8 Å². The number of carbonyl (C=O) groups is 4. The first-order valence-electron chi connectivity index (χ1n) is 12.8. The van der Waals surface area contributed by atoms with E-state index >= 15 is 0 Å². The van der Waals surface area contributed by atoms with E-state index in [1.54, 1.807) is 77.8 Å². The lowest BCUT2D eigenvalue weighted by atomic mass is 9.85. The molecule has 0 aliphatic carbocycles. The van der Waals surface area contributed by atoms with Crippen LogP contribution < -0.4 is 4.90 Å². The number of hydrogen-bond donors (Lipinski definition) is 0. The minimum absolute atomic E-state index is 0.172. The number of benzene rings is 3. The standard InChI is InChI=1S/C32H25BrN2O4/c1-18-8-13-24(19(2)16-18)35-31(38)26-25-17-22(29(36)20-6-4-3-5-7-20)14-15-34(25)28(27(26)32(35)39)30(37)21-9-11-23(33)12-10-21/h3-17,25-28H,1-2H3/t25-,26+,27+,28+/m1/s1. The molecular formula is C32H25BrN2O4. The number of imide groups is 1. The Hall–Kier alpha value is -4.10. The van der Waals surface area contributed by atoms with Crippen molar-refractivity contribution in [3.63, 3.8) is 0 Å². The molecule has 0 spiro atoms. The predicted molar refractivity (Wildman–Crippen MR) is 151 cm³/mol. The van der Waals surface area contributed by atoms with Gasteiger partial charge in [-0.25, -0.2) is 4.90 Å². The van der Waals surface area contributed by atoms with Crippen molar-refractivity contribution in [3.8, 4) is 0 Å². The molecule has 3 aromatic rings. The Morgan fingerprint density at radius 1 is 0.821 bits per heavy atom. The van der Waals surface area contributed by atoms with Crippen LogP contribution in [0.1, 0.15) is 31.8 Å². The van der Waals surface area contributed by atoms with Gasteiger partial charge < -0.3 is 4.90 Å². The summed E-state index contributed by atoms with van der Waals surface area (Å²) in [5, 5.41) is 0. The Bertz CT molecular complexity index is 1590.